The molecule has 0 saturated carbocycles. The smallest absolute Gasteiger partial charge is 0.356 e. The molecule has 0 aliphatic heterocycles. The summed E-state index contributed by atoms with van der Waals surface area (Å²) < 4.78 is 1.54. The highest BCUT2D eigenvalue weighted by molar-refractivity contribution is 5.85. The number of benzene rings is 1. The Balaban J connectivity index is 2.56. The largest absolute Gasteiger partial charge is 0.476 e. The van der Waals surface area contributed by atoms with E-state index in [4.69, 9.17) is 10.4 Å². The fourth-order valence-electron chi connectivity index (χ4n) is 1.51. The second kappa shape index (κ2) is 4.10. The van der Waals surface area contributed by atoms with Crippen LogP contribution in [0.2, 0.25) is 0 Å². The summed E-state index contributed by atoms with van der Waals surface area (Å²) in [5.74, 6) is -1.09. The minimum absolute atomic E-state index is 0.0459. The van der Waals surface area contributed by atoms with Gasteiger partial charge in [-0.1, -0.05) is 6.07 Å². The van der Waals surface area contributed by atoms with E-state index in [-0.39, 0.29) is 5.69 Å². The van der Waals surface area contributed by atoms with Crippen LogP contribution in [0.15, 0.2) is 30.7 Å². The molecule has 0 saturated heterocycles. The molecular formula is C12H9N3O2. The first-order chi connectivity index (χ1) is 8.11. The average molecular weight is 227 g/mol. The predicted molar refractivity (Wildman–Crippen MR) is 60.0 cm³/mol. The van der Waals surface area contributed by atoms with Gasteiger partial charge < -0.3 is 9.67 Å². The van der Waals surface area contributed by atoms with Gasteiger partial charge in [0.1, 0.15) is 12.4 Å². The van der Waals surface area contributed by atoms with Gasteiger partial charge in [-0.3, -0.25) is 0 Å². The van der Waals surface area contributed by atoms with E-state index in [1.165, 1.54) is 17.1 Å². The SMILES string of the molecule is Cc1ccc(C#N)c(-n2cnc(C(=O)O)c2)c1. The first kappa shape index (κ1) is 10.9. The third-order valence-electron chi connectivity index (χ3n) is 2.35. The normalized spacial score (nSPS) is 9.88. The highest BCUT2D eigenvalue weighted by Gasteiger charge is 2.10. The lowest BCUT2D eigenvalue weighted by atomic mass is 10.1. The molecule has 84 valence electrons. The Morgan fingerprint density at radius 2 is 2.29 bits per heavy atom. The lowest BCUT2D eigenvalue weighted by molar-refractivity contribution is 0.0691. The molecule has 0 unspecified atom stereocenters. The zero-order valence-electron chi connectivity index (χ0n) is 9.08. The van der Waals surface area contributed by atoms with Crippen LogP contribution in [0.1, 0.15) is 21.6 Å². The predicted octanol–water partition coefficient (Wildman–Crippen LogP) is 1.75. The highest BCUT2D eigenvalue weighted by Crippen LogP contribution is 2.16. The summed E-state index contributed by atoms with van der Waals surface area (Å²) in [5.41, 5.74) is 2.05. The van der Waals surface area contributed by atoms with Crippen molar-refractivity contribution in [2.75, 3.05) is 0 Å². The van der Waals surface area contributed by atoms with E-state index in [0.717, 1.165) is 5.56 Å². The maximum absolute atomic E-state index is 10.7. The number of hydrogen-bond acceptors (Lipinski definition) is 3. The van der Waals surface area contributed by atoms with Crippen LogP contribution in [-0.2, 0) is 0 Å². The number of nitrogens with zero attached hydrogens (tertiary/aromatic N) is 3. The van der Waals surface area contributed by atoms with Crippen molar-refractivity contribution in [3.05, 3.63) is 47.5 Å². The van der Waals surface area contributed by atoms with Gasteiger partial charge in [0.15, 0.2) is 5.69 Å². The van der Waals surface area contributed by atoms with Gasteiger partial charge in [-0.25, -0.2) is 9.78 Å². The zero-order valence-corrected chi connectivity index (χ0v) is 9.08. The Bertz CT molecular complexity index is 623. The van der Waals surface area contributed by atoms with Crippen LogP contribution < -0.4 is 0 Å². The van der Waals surface area contributed by atoms with Crippen LogP contribution in [0.4, 0.5) is 0 Å². The van der Waals surface area contributed by atoms with Gasteiger partial charge in [-0.05, 0) is 24.6 Å². The first-order valence-corrected chi connectivity index (χ1v) is 4.90. The molecule has 5 nitrogen and oxygen atoms in total. The molecule has 0 fully saturated rings. The summed E-state index contributed by atoms with van der Waals surface area (Å²) in [6.07, 6.45) is 2.77. The third kappa shape index (κ3) is 2.01. The van der Waals surface area contributed by atoms with Gasteiger partial charge >= 0.3 is 5.97 Å². The van der Waals surface area contributed by atoms with Crippen molar-refractivity contribution in [3.63, 3.8) is 0 Å². The van der Waals surface area contributed by atoms with Crippen molar-refractivity contribution in [2.45, 2.75) is 6.92 Å². The zero-order chi connectivity index (χ0) is 12.4. The van der Waals surface area contributed by atoms with E-state index < -0.39 is 5.97 Å². The van der Waals surface area contributed by atoms with Crippen LogP contribution in [-0.4, -0.2) is 20.6 Å². The van der Waals surface area contributed by atoms with E-state index in [9.17, 15) is 4.79 Å². The fourth-order valence-corrected chi connectivity index (χ4v) is 1.51. The van der Waals surface area contributed by atoms with Gasteiger partial charge in [0, 0.05) is 6.20 Å². The molecule has 1 aromatic heterocycles. The first-order valence-electron chi connectivity index (χ1n) is 4.90. The molecule has 2 aromatic rings. The van der Waals surface area contributed by atoms with E-state index in [1.807, 2.05) is 19.1 Å². The summed E-state index contributed by atoms with van der Waals surface area (Å²) >= 11 is 0. The van der Waals surface area contributed by atoms with E-state index in [0.29, 0.717) is 11.3 Å². The second-order valence-corrected chi connectivity index (χ2v) is 3.60. The van der Waals surface area contributed by atoms with Gasteiger partial charge in [0.05, 0.1) is 11.3 Å². The van der Waals surface area contributed by atoms with Crippen molar-refractivity contribution in [2.24, 2.45) is 0 Å². The Morgan fingerprint density at radius 3 is 2.88 bits per heavy atom. The molecule has 0 spiro atoms. The molecule has 0 radical (unpaired) electrons. The molecule has 2 rings (SSSR count). The van der Waals surface area contributed by atoms with Gasteiger partial charge in [0.2, 0.25) is 0 Å². The molecule has 0 bridgehead atoms. The molecule has 0 aliphatic rings. The Kier molecular flexibility index (Phi) is 2.63. The summed E-state index contributed by atoms with van der Waals surface area (Å²) in [6, 6.07) is 7.41. The topological polar surface area (TPSA) is 78.9 Å². The van der Waals surface area contributed by atoms with Crippen LogP contribution >= 0.6 is 0 Å². The molecule has 1 aromatic carbocycles. The average Bonchev–Trinajstić information content (AvgIpc) is 2.78. The van der Waals surface area contributed by atoms with Crippen LogP contribution in [0, 0.1) is 18.3 Å². The number of imidazole rings is 1. The van der Waals surface area contributed by atoms with Crippen molar-refractivity contribution >= 4 is 5.97 Å². The molecule has 1 N–H and O–H groups in total. The Morgan fingerprint density at radius 1 is 1.53 bits per heavy atom. The lowest BCUT2D eigenvalue weighted by Gasteiger charge is -2.05. The molecule has 17 heavy (non-hydrogen) atoms. The van der Waals surface area contributed by atoms with Gasteiger partial charge in [-0.15, -0.1) is 0 Å². The molecule has 1 heterocycles. The standard InChI is InChI=1S/C12H9N3O2/c1-8-2-3-9(5-13)11(4-8)15-6-10(12(16)17)14-7-15/h2-4,6-7H,1H3,(H,16,17). The number of nitriles is 1. The molecule has 0 aliphatic carbocycles. The number of aromatic carboxylic acids is 1. The lowest BCUT2D eigenvalue weighted by Crippen LogP contribution is -1.97. The Labute approximate surface area is 97.6 Å². The molecular weight excluding hydrogens is 218 g/mol. The van der Waals surface area contributed by atoms with E-state index >= 15 is 0 Å². The van der Waals surface area contributed by atoms with E-state index in [2.05, 4.69) is 11.1 Å². The maximum Gasteiger partial charge on any atom is 0.356 e. The summed E-state index contributed by atoms with van der Waals surface area (Å²) in [4.78, 5) is 14.5. The summed E-state index contributed by atoms with van der Waals surface area (Å²) in [7, 11) is 0. The Hall–Kier alpha value is -2.61. The quantitative estimate of drug-likeness (QED) is 0.847. The van der Waals surface area contributed by atoms with Gasteiger partial charge in [0.25, 0.3) is 0 Å². The molecule has 5 heteroatoms. The van der Waals surface area contributed by atoms with Crippen molar-refractivity contribution < 1.29 is 9.90 Å². The van der Waals surface area contributed by atoms with Crippen molar-refractivity contribution in [1.29, 1.82) is 5.26 Å². The minimum atomic E-state index is -1.09. The summed E-state index contributed by atoms with van der Waals surface area (Å²) in [6.45, 7) is 1.90. The van der Waals surface area contributed by atoms with Crippen LogP contribution in [0.25, 0.3) is 5.69 Å². The number of hydrogen-bond donors (Lipinski definition) is 1. The number of carbonyl (C=O) groups is 1. The molecule has 0 amide bonds. The van der Waals surface area contributed by atoms with Gasteiger partial charge in [-0.2, -0.15) is 5.26 Å². The minimum Gasteiger partial charge on any atom is -0.476 e. The number of carboxylic acids is 1. The van der Waals surface area contributed by atoms with E-state index in [1.54, 1.807) is 6.07 Å². The number of carboxylic acid groups (broad SMARTS) is 1. The number of aryl methyl sites for hydroxylation is 1. The number of rotatable bonds is 2. The highest BCUT2D eigenvalue weighted by atomic mass is 16.4. The number of aromatic nitrogens is 2. The monoisotopic (exact) mass is 227 g/mol. The van der Waals surface area contributed by atoms with Crippen molar-refractivity contribution in [1.82, 2.24) is 9.55 Å². The molecule has 0 atom stereocenters. The van der Waals surface area contributed by atoms with Crippen molar-refractivity contribution in [3.8, 4) is 11.8 Å². The third-order valence-corrected chi connectivity index (χ3v) is 2.35. The maximum atomic E-state index is 10.7. The summed E-state index contributed by atoms with van der Waals surface area (Å²) in [5, 5.41) is 17.8. The van der Waals surface area contributed by atoms with Crippen LogP contribution in [0.5, 0.6) is 0 Å². The van der Waals surface area contributed by atoms with Crippen LogP contribution in [0.3, 0.4) is 0 Å². The fraction of sp³-hybridized carbons (Fsp3) is 0.0833. The second-order valence-electron chi connectivity index (χ2n) is 3.60.